The van der Waals surface area contributed by atoms with Gasteiger partial charge in [-0.2, -0.15) is 0 Å². The fourth-order valence-electron chi connectivity index (χ4n) is 1.91. The van der Waals surface area contributed by atoms with Crippen LogP contribution in [0.15, 0.2) is 33.3 Å². The number of nitrogens with zero attached hydrogens (tertiary/aromatic N) is 2. The summed E-state index contributed by atoms with van der Waals surface area (Å²) in [6, 6.07) is 5.55. The van der Waals surface area contributed by atoms with Crippen LogP contribution in [-0.2, 0) is 9.63 Å². The number of oxime groups is 1. The third-order valence-electron chi connectivity index (χ3n) is 3.02. The molecule has 1 atom stereocenters. The number of anilines is 1. The fourth-order valence-corrected chi connectivity index (χ4v) is 2.62. The quantitative estimate of drug-likeness (QED) is 0.942. The first-order valence-electron chi connectivity index (χ1n) is 6.10. The van der Waals surface area contributed by atoms with Crippen LogP contribution < -0.4 is 5.32 Å². The Hall–Kier alpha value is -2.15. The number of nitrogens with one attached hydrogen (secondary N) is 1. The summed E-state index contributed by atoms with van der Waals surface area (Å²) in [5.74, 6) is 0.719. The lowest BCUT2D eigenvalue weighted by Gasteiger charge is -2.19. The molecule has 0 saturated heterocycles. The number of aromatic nitrogens is 1. The molecule has 7 heteroatoms. The highest BCUT2D eigenvalue weighted by molar-refractivity contribution is 7.12. The monoisotopic (exact) mass is 291 g/mol. The molecule has 20 heavy (non-hydrogen) atoms. The maximum atomic E-state index is 12.3. The number of thiophene rings is 1. The van der Waals surface area contributed by atoms with Crippen molar-refractivity contribution in [2.75, 3.05) is 5.32 Å². The highest BCUT2D eigenvalue weighted by Gasteiger charge is 2.42. The Morgan fingerprint density at radius 3 is 3.05 bits per heavy atom. The molecular formula is C13H13N3O3S. The molecule has 0 radical (unpaired) electrons. The number of hydrogen-bond donors (Lipinski definition) is 1. The Morgan fingerprint density at radius 2 is 2.40 bits per heavy atom. The predicted octanol–water partition coefficient (Wildman–Crippen LogP) is 2.57. The van der Waals surface area contributed by atoms with Crippen molar-refractivity contribution in [1.29, 1.82) is 0 Å². The van der Waals surface area contributed by atoms with Gasteiger partial charge in [0.05, 0.1) is 4.88 Å². The van der Waals surface area contributed by atoms with Gasteiger partial charge in [0.15, 0.2) is 5.82 Å². The normalized spacial score (nSPS) is 21.4. The molecule has 0 bridgehead atoms. The third kappa shape index (κ3) is 2.32. The maximum Gasteiger partial charge on any atom is 0.272 e. The van der Waals surface area contributed by atoms with Crippen LogP contribution in [0, 0.1) is 6.92 Å². The van der Waals surface area contributed by atoms with E-state index in [0.717, 1.165) is 10.6 Å². The van der Waals surface area contributed by atoms with Crippen LogP contribution in [0.4, 0.5) is 5.82 Å². The second-order valence-corrected chi connectivity index (χ2v) is 5.74. The Labute approximate surface area is 119 Å². The molecule has 2 aromatic rings. The molecule has 0 fully saturated rings. The summed E-state index contributed by atoms with van der Waals surface area (Å²) >= 11 is 1.57. The highest BCUT2D eigenvalue weighted by atomic mass is 32.1. The van der Waals surface area contributed by atoms with Gasteiger partial charge in [0, 0.05) is 12.5 Å². The molecule has 3 heterocycles. The van der Waals surface area contributed by atoms with Crippen molar-refractivity contribution in [2.45, 2.75) is 25.9 Å². The van der Waals surface area contributed by atoms with Gasteiger partial charge in [0.25, 0.3) is 5.91 Å². The Kier molecular flexibility index (Phi) is 3.06. The molecule has 1 aliphatic heterocycles. The van der Waals surface area contributed by atoms with Crippen LogP contribution in [-0.4, -0.2) is 22.4 Å². The molecule has 1 unspecified atom stereocenters. The van der Waals surface area contributed by atoms with E-state index in [9.17, 15) is 4.79 Å². The Morgan fingerprint density at radius 1 is 1.55 bits per heavy atom. The van der Waals surface area contributed by atoms with Crippen molar-refractivity contribution in [3.63, 3.8) is 0 Å². The standard InChI is InChI=1S/C13H13N3O3S/c1-8-6-11(16-18-8)14-12(17)13(2)7-9(15-19-13)10-4-3-5-20-10/h3-6H,7H2,1-2H3,(H,14,16,17). The largest absolute Gasteiger partial charge is 0.379 e. The summed E-state index contributed by atoms with van der Waals surface area (Å²) in [6.45, 7) is 3.47. The molecule has 1 amide bonds. The second-order valence-electron chi connectivity index (χ2n) is 4.79. The summed E-state index contributed by atoms with van der Waals surface area (Å²) in [6.07, 6.45) is 0.427. The van der Waals surface area contributed by atoms with Crippen molar-refractivity contribution in [3.8, 4) is 0 Å². The molecule has 0 spiro atoms. The zero-order chi connectivity index (χ0) is 14.2. The first-order valence-corrected chi connectivity index (χ1v) is 6.98. The van der Waals surface area contributed by atoms with Gasteiger partial charge in [-0.1, -0.05) is 16.4 Å². The molecule has 0 saturated carbocycles. The van der Waals surface area contributed by atoms with E-state index in [1.165, 1.54) is 0 Å². The lowest BCUT2D eigenvalue weighted by molar-refractivity contribution is -0.136. The predicted molar refractivity (Wildman–Crippen MR) is 74.8 cm³/mol. The van der Waals surface area contributed by atoms with Gasteiger partial charge in [-0.3, -0.25) is 4.79 Å². The van der Waals surface area contributed by atoms with Gasteiger partial charge < -0.3 is 14.7 Å². The second kappa shape index (κ2) is 4.75. The number of rotatable bonds is 3. The van der Waals surface area contributed by atoms with Crippen LogP contribution in [0.5, 0.6) is 0 Å². The van der Waals surface area contributed by atoms with Crippen molar-refractivity contribution in [3.05, 3.63) is 34.2 Å². The van der Waals surface area contributed by atoms with E-state index in [-0.39, 0.29) is 5.91 Å². The van der Waals surface area contributed by atoms with Gasteiger partial charge in [0.1, 0.15) is 11.5 Å². The first-order chi connectivity index (χ1) is 9.57. The number of hydrogen-bond acceptors (Lipinski definition) is 6. The minimum atomic E-state index is -1.02. The minimum Gasteiger partial charge on any atom is -0.379 e. The number of carbonyl (C=O) groups is 1. The molecule has 1 N–H and O–H groups in total. The fraction of sp³-hybridized carbons (Fsp3) is 0.308. The average molecular weight is 291 g/mol. The zero-order valence-corrected chi connectivity index (χ0v) is 11.9. The SMILES string of the molecule is Cc1cc(NC(=O)C2(C)CC(c3cccs3)=NO2)no1. The van der Waals surface area contributed by atoms with Gasteiger partial charge in [0.2, 0.25) is 5.60 Å². The van der Waals surface area contributed by atoms with Crippen molar-refractivity contribution in [2.24, 2.45) is 5.16 Å². The van der Waals surface area contributed by atoms with Crippen LogP contribution in [0.2, 0.25) is 0 Å². The molecule has 6 nitrogen and oxygen atoms in total. The molecule has 3 rings (SSSR count). The van der Waals surface area contributed by atoms with E-state index < -0.39 is 5.60 Å². The summed E-state index contributed by atoms with van der Waals surface area (Å²) in [7, 11) is 0. The van der Waals surface area contributed by atoms with Crippen molar-refractivity contribution < 1.29 is 14.2 Å². The topological polar surface area (TPSA) is 76.7 Å². The summed E-state index contributed by atoms with van der Waals surface area (Å²) in [4.78, 5) is 18.6. The lowest BCUT2D eigenvalue weighted by Crippen LogP contribution is -2.40. The number of carbonyl (C=O) groups excluding carboxylic acids is 1. The molecule has 2 aromatic heterocycles. The minimum absolute atomic E-state index is 0.291. The van der Waals surface area contributed by atoms with E-state index in [4.69, 9.17) is 9.36 Å². The van der Waals surface area contributed by atoms with Gasteiger partial charge in [-0.25, -0.2) is 0 Å². The number of aryl methyl sites for hydroxylation is 1. The molecule has 1 aliphatic rings. The van der Waals surface area contributed by atoms with E-state index in [1.54, 1.807) is 31.3 Å². The van der Waals surface area contributed by atoms with Gasteiger partial charge in [-0.15, -0.1) is 11.3 Å². The van der Waals surface area contributed by atoms with Crippen LogP contribution in [0.1, 0.15) is 24.0 Å². The maximum absolute atomic E-state index is 12.3. The first kappa shape index (κ1) is 12.9. The third-order valence-corrected chi connectivity index (χ3v) is 3.94. The molecule has 0 aromatic carbocycles. The van der Waals surface area contributed by atoms with Gasteiger partial charge >= 0.3 is 0 Å². The smallest absolute Gasteiger partial charge is 0.272 e. The summed E-state index contributed by atoms with van der Waals surface area (Å²) in [5, 5.41) is 12.4. The Balaban J connectivity index is 1.70. The Bertz CT molecular complexity index is 662. The molecule has 104 valence electrons. The van der Waals surface area contributed by atoms with Crippen molar-refractivity contribution in [1.82, 2.24) is 5.16 Å². The summed E-state index contributed by atoms with van der Waals surface area (Å²) in [5.41, 5.74) is -0.236. The average Bonchev–Trinajstić information content (AvgIpc) is 3.10. The lowest BCUT2D eigenvalue weighted by atomic mass is 9.98. The van der Waals surface area contributed by atoms with Crippen LogP contribution >= 0.6 is 11.3 Å². The van der Waals surface area contributed by atoms with E-state index in [2.05, 4.69) is 15.6 Å². The van der Waals surface area contributed by atoms with Crippen molar-refractivity contribution >= 4 is 28.8 Å². The van der Waals surface area contributed by atoms with Gasteiger partial charge in [-0.05, 0) is 25.3 Å². The molecule has 0 aliphatic carbocycles. The van der Waals surface area contributed by atoms with Crippen LogP contribution in [0.3, 0.4) is 0 Å². The van der Waals surface area contributed by atoms with Crippen LogP contribution in [0.25, 0.3) is 0 Å². The van der Waals surface area contributed by atoms with E-state index >= 15 is 0 Å². The summed E-state index contributed by atoms with van der Waals surface area (Å²) < 4.78 is 4.91. The highest BCUT2D eigenvalue weighted by Crippen LogP contribution is 2.29. The number of amides is 1. The van der Waals surface area contributed by atoms with E-state index in [0.29, 0.717) is 18.0 Å². The van der Waals surface area contributed by atoms with E-state index in [1.807, 2.05) is 17.5 Å². The zero-order valence-electron chi connectivity index (χ0n) is 11.0. The molecular weight excluding hydrogens is 278 g/mol.